The molecule has 0 atom stereocenters. The first kappa shape index (κ1) is 11.8. The van der Waals surface area contributed by atoms with Gasteiger partial charge in [0.2, 0.25) is 0 Å². The third kappa shape index (κ3) is 2.20. The van der Waals surface area contributed by atoms with Crippen molar-refractivity contribution in [2.24, 2.45) is 0 Å². The van der Waals surface area contributed by atoms with Crippen LogP contribution in [-0.4, -0.2) is 0 Å². The van der Waals surface area contributed by atoms with Crippen molar-refractivity contribution in [2.75, 3.05) is 0 Å². The zero-order valence-electron chi connectivity index (χ0n) is 8.60. The molecule has 0 N–H and O–H groups in total. The first-order valence-corrected chi connectivity index (χ1v) is 4.66. The van der Waals surface area contributed by atoms with Gasteiger partial charge in [-0.2, -0.15) is 0 Å². The number of fused-ring (bicyclic) bond motifs is 1. The van der Waals surface area contributed by atoms with Crippen LogP contribution < -0.4 is 0 Å². The zero-order chi connectivity index (χ0) is 10.3. The lowest BCUT2D eigenvalue weighted by atomic mass is 9.93. The molecule has 0 amide bonds. The molecule has 0 bridgehead atoms. The van der Waals surface area contributed by atoms with Crippen LogP contribution in [0.2, 0.25) is 0 Å². The fourth-order valence-electron chi connectivity index (χ4n) is 1.37. The van der Waals surface area contributed by atoms with E-state index in [1.807, 2.05) is 6.07 Å². The summed E-state index contributed by atoms with van der Waals surface area (Å²) in [4.78, 5) is 0. The van der Waals surface area contributed by atoms with Gasteiger partial charge < -0.3 is 4.42 Å². The Bertz CT molecular complexity index is 463. The Morgan fingerprint density at radius 1 is 1.13 bits per heavy atom. The summed E-state index contributed by atoms with van der Waals surface area (Å²) in [7, 11) is 0. The summed E-state index contributed by atoms with van der Waals surface area (Å²) in [5.41, 5.74) is 0.588. The number of rotatable bonds is 0. The van der Waals surface area contributed by atoms with Gasteiger partial charge in [-0.3, -0.25) is 0 Å². The largest absolute Gasteiger partial charge is 0.460 e. The van der Waals surface area contributed by atoms with Crippen LogP contribution in [0.15, 0.2) is 28.7 Å². The van der Waals surface area contributed by atoms with E-state index in [2.05, 4.69) is 20.8 Å². The van der Waals surface area contributed by atoms with Crippen molar-refractivity contribution < 1.29 is 8.81 Å². The third-order valence-electron chi connectivity index (χ3n) is 2.22. The minimum atomic E-state index is -0.257. The van der Waals surface area contributed by atoms with E-state index in [1.165, 1.54) is 12.1 Å². The Morgan fingerprint density at radius 3 is 2.40 bits per heavy atom. The molecule has 0 radical (unpaired) electrons. The summed E-state index contributed by atoms with van der Waals surface area (Å²) in [6, 6.07) is 6.58. The van der Waals surface area contributed by atoms with Crippen LogP contribution in [0, 0.1) is 5.82 Å². The van der Waals surface area contributed by atoms with Gasteiger partial charge in [0.1, 0.15) is 17.2 Å². The fraction of sp³-hybridized carbons (Fsp3) is 0.385. The van der Waals surface area contributed by atoms with E-state index < -0.39 is 0 Å². The molecule has 2 aromatic rings. The second kappa shape index (κ2) is 3.69. The molecule has 1 heterocycles. The van der Waals surface area contributed by atoms with Crippen molar-refractivity contribution in [2.45, 2.75) is 33.6 Å². The van der Waals surface area contributed by atoms with Gasteiger partial charge in [0, 0.05) is 16.9 Å². The van der Waals surface area contributed by atoms with Crippen LogP contribution in [0.25, 0.3) is 11.0 Å². The van der Waals surface area contributed by atoms with E-state index in [1.54, 1.807) is 6.07 Å². The highest BCUT2D eigenvalue weighted by molar-refractivity contribution is 5.78. The number of benzene rings is 1. The Hall–Kier alpha value is -1.31. The maximum Gasteiger partial charge on any atom is 0.137 e. The van der Waals surface area contributed by atoms with Gasteiger partial charge in [-0.25, -0.2) is 4.39 Å². The molecule has 15 heavy (non-hydrogen) atoms. The molecular formula is C13H17FO. The summed E-state index contributed by atoms with van der Waals surface area (Å²) in [5, 5.41) is 0.955. The van der Waals surface area contributed by atoms with Crippen LogP contribution in [0.5, 0.6) is 0 Å². The van der Waals surface area contributed by atoms with E-state index in [4.69, 9.17) is 4.42 Å². The number of hydrogen-bond acceptors (Lipinski definition) is 1. The highest BCUT2D eigenvalue weighted by atomic mass is 19.1. The normalized spacial score (nSPS) is 11.5. The average Bonchev–Trinajstić information content (AvgIpc) is 2.45. The Labute approximate surface area is 89.9 Å². The number of hydrogen-bond donors (Lipinski definition) is 0. The fourth-order valence-corrected chi connectivity index (χ4v) is 1.37. The second-order valence-electron chi connectivity index (χ2n) is 4.54. The highest BCUT2D eigenvalue weighted by Crippen LogP contribution is 2.29. The van der Waals surface area contributed by atoms with Crippen LogP contribution >= 0.6 is 0 Å². The average molecular weight is 208 g/mol. The smallest absolute Gasteiger partial charge is 0.137 e. The summed E-state index contributed by atoms with van der Waals surface area (Å²) in [6.07, 6.45) is 0. The van der Waals surface area contributed by atoms with Crippen LogP contribution in [0.1, 0.15) is 34.0 Å². The van der Waals surface area contributed by atoms with Gasteiger partial charge in [0.25, 0.3) is 0 Å². The minimum absolute atomic E-state index is 0. The monoisotopic (exact) mass is 208 g/mol. The topological polar surface area (TPSA) is 13.1 Å². The van der Waals surface area contributed by atoms with E-state index in [0.717, 1.165) is 11.1 Å². The lowest BCUT2D eigenvalue weighted by Crippen LogP contribution is -2.08. The molecule has 0 fully saturated rings. The first-order valence-electron chi connectivity index (χ1n) is 4.66. The van der Waals surface area contributed by atoms with Crippen LogP contribution in [-0.2, 0) is 5.41 Å². The molecule has 0 aliphatic carbocycles. The van der Waals surface area contributed by atoms with Gasteiger partial charge in [0.15, 0.2) is 0 Å². The lowest BCUT2D eigenvalue weighted by molar-refractivity contribution is 0.429. The Balaban J connectivity index is 0.00000112. The van der Waals surface area contributed by atoms with Crippen molar-refractivity contribution in [3.05, 3.63) is 35.8 Å². The second-order valence-corrected chi connectivity index (χ2v) is 4.54. The quantitative estimate of drug-likeness (QED) is 0.621. The van der Waals surface area contributed by atoms with E-state index in [-0.39, 0.29) is 18.7 Å². The molecule has 0 unspecified atom stereocenters. The summed E-state index contributed by atoms with van der Waals surface area (Å²) < 4.78 is 18.5. The van der Waals surface area contributed by atoms with E-state index in [9.17, 15) is 4.39 Å². The molecule has 0 aliphatic heterocycles. The van der Waals surface area contributed by atoms with E-state index in [0.29, 0.717) is 5.58 Å². The molecule has 1 aromatic heterocycles. The van der Waals surface area contributed by atoms with Crippen molar-refractivity contribution >= 4 is 11.0 Å². The molecule has 1 aromatic carbocycles. The Kier molecular flexibility index (Phi) is 2.89. The number of furan rings is 1. The maximum absolute atomic E-state index is 12.9. The third-order valence-corrected chi connectivity index (χ3v) is 2.22. The summed E-state index contributed by atoms with van der Waals surface area (Å²) in [6.45, 7) is 6.21. The maximum atomic E-state index is 12.9. The molecule has 0 aliphatic rings. The predicted octanol–water partition coefficient (Wildman–Crippen LogP) is 4.51. The van der Waals surface area contributed by atoms with Crippen molar-refractivity contribution in [3.8, 4) is 0 Å². The highest BCUT2D eigenvalue weighted by Gasteiger charge is 2.18. The number of halogens is 1. The van der Waals surface area contributed by atoms with Crippen LogP contribution in [0.3, 0.4) is 0 Å². The van der Waals surface area contributed by atoms with Gasteiger partial charge in [-0.1, -0.05) is 28.2 Å². The van der Waals surface area contributed by atoms with Crippen molar-refractivity contribution in [1.82, 2.24) is 0 Å². The van der Waals surface area contributed by atoms with Gasteiger partial charge in [0.05, 0.1) is 0 Å². The zero-order valence-corrected chi connectivity index (χ0v) is 8.60. The molecule has 0 saturated heterocycles. The van der Waals surface area contributed by atoms with E-state index >= 15 is 0 Å². The molecule has 2 heteroatoms. The molecule has 1 nitrogen and oxygen atoms in total. The Morgan fingerprint density at radius 2 is 1.80 bits per heavy atom. The predicted molar refractivity (Wildman–Crippen MR) is 61.6 cm³/mol. The molecular weight excluding hydrogens is 191 g/mol. The standard InChI is InChI=1S/C12H13FO.CH4/c1-12(2,3)11-6-8-4-5-9(13)7-10(8)14-11;/h4-7H,1-3H3;1H4. The lowest BCUT2D eigenvalue weighted by Gasteiger charge is -2.13. The molecule has 2 rings (SSSR count). The van der Waals surface area contributed by atoms with Gasteiger partial charge in [-0.05, 0) is 18.2 Å². The SMILES string of the molecule is C.CC(C)(C)c1cc2ccc(F)cc2o1. The van der Waals surface area contributed by atoms with Gasteiger partial charge >= 0.3 is 0 Å². The van der Waals surface area contributed by atoms with Crippen LogP contribution in [0.4, 0.5) is 4.39 Å². The molecule has 0 saturated carbocycles. The summed E-state index contributed by atoms with van der Waals surface area (Å²) in [5.74, 6) is 0.630. The van der Waals surface area contributed by atoms with Crippen molar-refractivity contribution in [1.29, 1.82) is 0 Å². The summed E-state index contributed by atoms with van der Waals surface area (Å²) >= 11 is 0. The van der Waals surface area contributed by atoms with Crippen molar-refractivity contribution in [3.63, 3.8) is 0 Å². The van der Waals surface area contributed by atoms with Gasteiger partial charge in [-0.15, -0.1) is 0 Å². The first-order chi connectivity index (χ1) is 6.47. The molecule has 82 valence electrons. The molecule has 0 spiro atoms. The minimum Gasteiger partial charge on any atom is -0.460 e.